The van der Waals surface area contributed by atoms with Gasteiger partial charge in [0, 0.05) is 17.0 Å². The van der Waals surface area contributed by atoms with Crippen LogP contribution in [0.5, 0.6) is 0 Å². The van der Waals surface area contributed by atoms with Gasteiger partial charge in [0.05, 0.1) is 5.69 Å². The molecule has 90 valence electrons. The lowest BCUT2D eigenvalue weighted by molar-refractivity contribution is 0.630. The number of aromatic nitrogens is 1. The Morgan fingerprint density at radius 3 is 2.65 bits per heavy atom. The summed E-state index contributed by atoms with van der Waals surface area (Å²) in [5.74, 6) is 0.0886. The maximum absolute atomic E-state index is 13.8. The van der Waals surface area contributed by atoms with Crippen LogP contribution in [0, 0.1) is 5.82 Å². The fourth-order valence-corrected chi connectivity index (χ4v) is 2.66. The summed E-state index contributed by atoms with van der Waals surface area (Å²) in [4.78, 5) is 5.53. The molecule has 0 aliphatic carbocycles. The standard InChI is InChI=1S/C13H15FN2S/c1-8(2)13-12(16-11(7-15)17-13)9-5-3-4-6-10(9)14/h3-6,8H,7,15H2,1-2H3. The van der Waals surface area contributed by atoms with Gasteiger partial charge in [0.2, 0.25) is 0 Å². The van der Waals surface area contributed by atoms with Crippen molar-refractivity contribution in [2.24, 2.45) is 5.73 Å². The second kappa shape index (κ2) is 4.94. The van der Waals surface area contributed by atoms with E-state index in [1.807, 2.05) is 6.07 Å². The minimum Gasteiger partial charge on any atom is -0.325 e. The molecule has 0 saturated carbocycles. The van der Waals surface area contributed by atoms with E-state index in [9.17, 15) is 4.39 Å². The number of thiazole rings is 1. The molecule has 0 atom stereocenters. The smallest absolute Gasteiger partial charge is 0.132 e. The van der Waals surface area contributed by atoms with Crippen LogP contribution in [-0.2, 0) is 6.54 Å². The lowest BCUT2D eigenvalue weighted by atomic mass is 10.1. The van der Waals surface area contributed by atoms with Crippen LogP contribution >= 0.6 is 11.3 Å². The quantitative estimate of drug-likeness (QED) is 0.905. The molecule has 0 bridgehead atoms. The van der Waals surface area contributed by atoms with Gasteiger partial charge in [-0.25, -0.2) is 9.37 Å². The first-order valence-corrected chi connectivity index (χ1v) is 6.39. The Morgan fingerprint density at radius 2 is 2.06 bits per heavy atom. The van der Waals surface area contributed by atoms with E-state index >= 15 is 0 Å². The summed E-state index contributed by atoms with van der Waals surface area (Å²) in [6.45, 7) is 4.56. The van der Waals surface area contributed by atoms with Crippen LogP contribution < -0.4 is 5.73 Å². The van der Waals surface area contributed by atoms with Gasteiger partial charge in [-0.05, 0) is 18.1 Å². The third kappa shape index (κ3) is 2.37. The third-order valence-corrected chi connectivity index (χ3v) is 3.90. The Kier molecular flexibility index (Phi) is 3.54. The largest absolute Gasteiger partial charge is 0.325 e. The van der Waals surface area contributed by atoms with Crippen molar-refractivity contribution in [1.82, 2.24) is 4.98 Å². The van der Waals surface area contributed by atoms with Gasteiger partial charge in [-0.1, -0.05) is 26.0 Å². The highest BCUT2D eigenvalue weighted by Crippen LogP contribution is 2.34. The molecule has 1 aromatic carbocycles. The van der Waals surface area contributed by atoms with E-state index in [-0.39, 0.29) is 5.82 Å². The predicted molar refractivity (Wildman–Crippen MR) is 69.5 cm³/mol. The Bertz CT molecular complexity index is 520. The molecule has 2 rings (SSSR count). The molecule has 0 amide bonds. The summed E-state index contributed by atoms with van der Waals surface area (Å²) in [5, 5.41) is 0.854. The Labute approximate surface area is 104 Å². The summed E-state index contributed by atoms with van der Waals surface area (Å²) in [6, 6.07) is 6.73. The summed E-state index contributed by atoms with van der Waals surface area (Å²) >= 11 is 1.57. The van der Waals surface area contributed by atoms with Crippen molar-refractivity contribution in [3.8, 4) is 11.3 Å². The zero-order valence-electron chi connectivity index (χ0n) is 9.90. The van der Waals surface area contributed by atoms with Gasteiger partial charge in [0.15, 0.2) is 0 Å². The Balaban J connectivity index is 2.58. The van der Waals surface area contributed by atoms with Crippen molar-refractivity contribution in [2.75, 3.05) is 0 Å². The molecular formula is C13H15FN2S. The predicted octanol–water partition coefficient (Wildman–Crippen LogP) is 3.53. The van der Waals surface area contributed by atoms with Gasteiger partial charge in [0.25, 0.3) is 0 Å². The first-order chi connectivity index (χ1) is 8.13. The van der Waals surface area contributed by atoms with Crippen LogP contribution in [0.3, 0.4) is 0 Å². The van der Waals surface area contributed by atoms with Crippen LogP contribution in [0.1, 0.15) is 29.7 Å². The molecule has 2 nitrogen and oxygen atoms in total. The molecule has 1 aromatic heterocycles. The second-order valence-corrected chi connectivity index (χ2v) is 5.27. The lowest BCUT2D eigenvalue weighted by Gasteiger charge is -2.05. The van der Waals surface area contributed by atoms with E-state index in [2.05, 4.69) is 18.8 Å². The van der Waals surface area contributed by atoms with E-state index in [1.165, 1.54) is 6.07 Å². The number of nitrogens with two attached hydrogens (primary N) is 1. The molecule has 4 heteroatoms. The van der Waals surface area contributed by atoms with Gasteiger partial charge in [-0.2, -0.15) is 0 Å². The molecule has 0 radical (unpaired) electrons. The zero-order valence-corrected chi connectivity index (χ0v) is 10.7. The summed E-state index contributed by atoms with van der Waals surface area (Å²) < 4.78 is 13.8. The van der Waals surface area contributed by atoms with E-state index in [0.29, 0.717) is 18.0 Å². The number of hydrogen-bond donors (Lipinski definition) is 1. The highest BCUT2D eigenvalue weighted by atomic mass is 32.1. The Hall–Kier alpha value is -1.26. The fourth-order valence-electron chi connectivity index (χ4n) is 1.70. The van der Waals surface area contributed by atoms with Crippen molar-refractivity contribution in [1.29, 1.82) is 0 Å². The van der Waals surface area contributed by atoms with Crippen molar-refractivity contribution in [3.05, 3.63) is 40.0 Å². The molecular weight excluding hydrogens is 235 g/mol. The first-order valence-electron chi connectivity index (χ1n) is 5.58. The van der Waals surface area contributed by atoms with Crippen molar-refractivity contribution >= 4 is 11.3 Å². The normalized spacial score (nSPS) is 11.1. The van der Waals surface area contributed by atoms with Gasteiger partial charge in [0.1, 0.15) is 10.8 Å². The van der Waals surface area contributed by atoms with E-state index in [4.69, 9.17) is 5.73 Å². The minimum atomic E-state index is -0.233. The molecule has 0 spiro atoms. The third-order valence-electron chi connectivity index (χ3n) is 2.53. The Morgan fingerprint density at radius 1 is 1.35 bits per heavy atom. The number of hydrogen-bond acceptors (Lipinski definition) is 3. The summed E-state index contributed by atoms with van der Waals surface area (Å²) in [6.07, 6.45) is 0. The van der Waals surface area contributed by atoms with Crippen LogP contribution in [0.2, 0.25) is 0 Å². The first kappa shape index (κ1) is 12.2. The molecule has 1 heterocycles. The van der Waals surface area contributed by atoms with Crippen molar-refractivity contribution < 1.29 is 4.39 Å². The number of halogens is 1. The number of rotatable bonds is 3. The topological polar surface area (TPSA) is 38.9 Å². The summed E-state index contributed by atoms with van der Waals surface area (Å²) in [7, 11) is 0. The van der Waals surface area contributed by atoms with E-state index < -0.39 is 0 Å². The molecule has 2 N–H and O–H groups in total. The van der Waals surface area contributed by atoms with Gasteiger partial charge < -0.3 is 5.73 Å². The number of benzene rings is 1. The highest BCUT2D eigenvalue weighted by molar-refractivity contribution is 7.12. The van der Waals surface area contributed by atoms with Crippen LogP contribution in [0.15, 0.2) is 24.3 Å². The van der Waals surface area contributed by atoms with Crippen LogP contribution in [0.4, 0.5) is 4.39 Å². The van der Waals surface area contributed by atoms with Gasteiger partial charge in [-0.15, -0.1) is 11.3 Å². The fraction of sp³-hybridized carbons (Fsp3) is 0.308. The molecule has 0 unspecified atom stereocenters. The SMILES string of the molecule is CC(C)c1sc(CN)nc1-c1ccccc1F. The maximum Gasteiger partial charge on any atom is 0.132 e. The maximum atomic E-state index is 13.8. The zero-order chi connectivity index (χ0) is 12.4. The van der Waals surface area contributed by atoms with E-state index in [0.717, 1.165) is 15.6 Å². The van der Waals surface area contributed by atoms with Crippen molar-refractivity contribution in [2.45, 2.75) is 26.3 Å². The minimum absolute atomic E-state index is 0.233. The molecule has 0 fully saturated rings. The van der Waals surface area contributed by atoms with Gasteiger partial charge in [-0.3, -0.25) is 0 Å². The molecule has 17 heavy (non-hydrogen) atoms. The average molecular weight is 250 g/mol. The molecule has 0 aliphatic rings. The van der Waals surface area contributed by atoms with E-state index in [1.54, 1.807) is 23.5 Å². The van der Waals surface area contributed by atoms with Gasteiger partial charge >= 0.3 is 0 Å². The average Bonchev–Trinajstić information content (AvgIpc) is 2.73. The van der Waals surface area contributed by atoms with Crippen LogP contribution in [0.25, 0.3) is 11.3 Å². The number of nitrogens with zero attached hydrogens (tertiary/aromatic N) is 1. The molecule has 2 aromatic rings. The second-order valence-electron chi connectivity index (χ2n) is 4.16. The lowest BCUT2D eigenvalue weighted by Crippen LogP contribution is -1.95. The molecule has 0 aliphatic heterocycles. The van der Waals surface area contributed by atoms with Crippen molar-refractivity contribution in [3.63, 3.8) is 0 Å². The molecule has 0 saturated heterocycles. The van der Waals surface area contributed by atoms with Crippen LogP contribution in [-0.4, -0.2) is 4.98 Å². The summed E-state index contributed by atoms with van der Waals surface area (Å²) in [5.41, 5.74) is 6.90. The highest BCUT2D eigenvalue weighted by Gasteiger charge is 2.17. The monoisotopic (exact) mass is 250 g/mol.